The normalized spacial score (nSPS) is 10.7. The van der Waals surface area contributed by atoms with Crippen LogP contribution in [0, 0.1) is 6.92 Å². The summed E-state index contributed by atoms with van der Waals surface area (Å²) < 4.78 is 0. The molecule has 82 valence electrons. The molecule has 0 spiro atoms. The average molecular weight is 256 g/mol. The van der Waals surface area contributed by atoms with Gasteiger partial charge >= 0.3 is 5.97 Å². The van der Waals surface area contributed by atoms with E-state index in [1.54, 1.807) is 12.1 Å². The van der Waals surface area contributed by atoms with E-state index in [0.717, 1.165) is 5.56 Å². The highest BCUT2D eigenvalue weighted by Gasteiger charge is 2.15. The number of pyridine rings is 1. The van der Waals surface area contributed by atoms with E-state index in [-0.39, 0.29) is 10.7 Å². The fourth-order valence-corrected chi connectivity index (χ4v) is 2.02. The summed E-state index contributed by atoms with van der Waals surface area (Å²) in [5.41, 5.74) is 1.44. The highest BCUT2D eigenvalue weighted by molar-refractivity contribution is 6.37. The molecule has 0 atom stereocenters. The highest BCUT2D eigenvalue weighted by atomic mass is 35.5. The van der Waals surface area contributed by atoms with Crippen LogP contribution in [0.25, 0.3) is 10.9 Å². The monoisotopic (exact) mass is 255 g/mol. The van der Waals surface area contributed by atoms with Gasteiger partial charge in [0.15, 0.2) is 0 Å². The Balaban J connectivity index is 3.00. The Morgan fingerprint density at radius 1 is 1.38 bits per heavy atom. The van der Waals surface area contributed by atoms with Gasteiger partial charge in [0.2, 0.25) is 0 Å². The van der Waals surface area contributed by atoms with Crippen LogP contribution in [0.2, 0.25) is 10.2 Å². The van der Waals surface area contributed by atoms with Crippen LogP contribution in [0.1, 0.15) is 15.9 Å². The Morgan fingerprint density at radius 3 is 2.69 bits per heavy atom. The van der Waals surface area contributed by atoms with E-state index in [2.05, 4.69) is 4.98 Å². The Kier molecular flexibility index (Phi) is 2.74. The van der Waals surface area contributed by atoms with Crippen molar-refractivity contribution < 1.29 is 9.90 Å². The summed E-state index contributed by atoms with van der Waals surface area (Å²) in [5.74, 6) is -1.07. The molecule has 0 saturated heterocycles. The van der Waals surface area contributed by atoms with Gasteiger partial charge < -0.3 is 5.11 Å². The molecular weight excluding hydrogens is 249 g/mol. The molecule has 3 nitrogen and oxygen atoms in total. The molecule has 1 aromatic heterocycles. The standard InChI is InChI=1S/C11H7Cl2NO2/c1-5-2-3-7(12)9-6(11(15)16)4-8(13)14-10(5)9/h2-4H,1H3,(H,15,16). The molecule has 0 aliphatic heterocycles. The van der Waals surface area contributed by atoms with Crippen LogP contribution in [0.3, 0.4) is 0 Å². The van der Waals surface area contributed by atoms with Gasteiger partial charge in [0.25, 0.3) is 0 Å². The lowest BCUT2D eigenvalue weighted by Gasteiger charge is -2.07. The van der Waals surface area contributed by atoms with Crippen molar-refractivity contribution in [3.8, 4) is 0 Å². The van der Waals surface area contributed by atoms with Crippen molar-refractivity contribution in [1.29, 1.82) is 0 Å². The van der Waals surface area contributed by atoms with Crippen LogP contribution in [-0.4, -0.2) is 16.1 Å². The largest absolute Gasteiger partial charge is 0.478 e. The zero-order valence-corrected chi connectivity index (χ0v) is 9.80. The first-order valence-corrected chi connectivity index (χ1v) is 5.25. The second kappa shape index (κ2) is 3.92. The zero-order chi connectivity index (χ0) is 11.9. The van der Waals surface area contributed by atoms with Crippen molar-refractivity contribution in [3.05, 3.63) is 39.5 Å². The van der Waals surface area contributed by atoms with E-state index in [9.17, 15) is 4.79 Å². The average Bonchev–Trinajstić information content (AvgIpc) is 2.22. The maximum atomic E-state index is 11.1. The summed E-state index contributed by atoms with van der Waals surface area (Å²) >= 11 is 11.8. The third-order valence-electron chi connectivity index (χ3n) is 2.31. The summed E-state index contributed by atoms with van der Waals surface area (Å²) in [7, 11) is 0. The van der Waals surface area contributed by atoms with Gasteiger partial charge in [0.05, 0.1) is 16.1 Å². The van der Waals surface area contributed by atoms with E-state index in [1.807, 2.05) is 6.92 Å². The molecule has 0 bridgehead atoms. The third-order valence-corrected chi connectivity index (χ3v) is 2.82. The molecular formula is C11H7Cl2NO2. The molecule has 1 N–H and O–H groups in total. The van der Waals surface area contributed by atoms with Crippen molar-refractivity contribution in [3.63, 3.8) is 0 Å². The van der Waals surface area contributed by atoms with Gasteiger partial charge in [-0.3, -0.25) is 0 Å². The molecule has 5 heteroatoms. The SMILES string of the molecule is Cc1ccc(Cl)c2c(C(=O)O)cc(Cl)nc12. The van der Waals surface area contributed by atoms with Crippen molar-refractivity contribution >= 4 is 40.1 Å². The Morgan fingerprint density at radius 2 is 2.06 bits per heavy atom. The summed E-state index contributed by atoms with van der Waals surface area (Å²) in [5, 5.41) is 10.0. The number of halogens is 2. The summed E-state index contributed by atoms with van der Waals surface area (Å²) in [6, 6.07) is 4.73. The fourth-order valence-electron chi connectivity index (χ4n) is 1.57. The first kappa shape index (κ1) is 11.2. The highest BCUT2D eigenvalue weighted by Crippen LogP contribution is 2.30. The zero-order valence-electron chi connectivity index (χ0n) is 8.29. The second-order valence-corrected chi connectivity index (χ2v) is 4.18. The minimum absolute atomic E-state index is 0.0729. The van der Waals surface area contributed by atoms with Crippen molar-refractivity contribution in [2.45, 2.75) is 6.92 Å². The molecule has 1 heterocycles. The minimum Gasteiger partial charge on any atom is -0.478 e. The maximum Gasteiger partial charge on any atom is 0.336 e. The predicted molar refractivity (Wildman–Crippen MR) is 63.5 cm³/mol. The summed E-state index contributed by atoms with van der Waals surface area (Å²) in [6.45, 7) is 1.83. The van der Waals surface area contributed by atoms with E-state index >= 15 is 0 Å². The summed E-state index contributed by atoms with van der Waals surface area (Å²) in [6.07, 6.45) is 0. The van der Waals surface area contributed by atoms with Crippen LogP contribution < -0.4 is 0 Å². The number of nitrogens with zero attached hydrogens (tertiary/aromatic N) is 1. The molecule has 0 unspecified atom stereocenters. The van der Waals surface area contributed by atoms with Crippen molar-refractivity contribution in [2.75, 3.05) is 0 Å². The Bertz CT molecular complexity index is 596. The van der Waals surface area contributed by atoms with E-state index in [0.29, 0.717) is 15.9 Å². The number of benzene rings is 1. The Hall–Kier alpha value is -1.32. The third kappa shape index (κ3) is 1.72. The predicted octanol–water partition coefficient (Wildman–Crippen LogP) is 3.55. The summed E-state index contributed by atoms with van der Waals surface area (Å²) in [4.78, 5) is 15.2. The van der Waals surface area contributed by atoms with Crippen molar-refractivity contribution in [2.24, 2.45) is 0 Å². The van der Waals surface area contributed by atoms with Crippen LogP contribution in [0.5, 0.6) is 0 Å². The van der Waals surface area contributed by atoms with Crippen molar-refractivity contribution in [1.82, 2.24) is 4.98 Å². The number of fused-ring (bicyclic) bond motifs is 1. The van der Waals surface area contributed by atoms with Gasteiger partial charge in [-0.15, -0.1) is 0 Å². The molecule has 0 amide bonds. The molecule has 2 rings (SSSR count). The van der Waals surface area contributed by atoms with Gasteiger partial charge in [-0.1, -0.05) is 29.3 Å². The number of hydrogen-bond donors (Lipinski definition) is 1. The van der Waals surface area contributed by atoms with E-state index < -0.39 is 5.97 Å². The number of carbonyl (C=O) groups is 1. The first-order valence-electron chi connectivity index (χ1n) is 4.49. The minimum atomic E-state index is -1.07. The number of aryl methyl sites for hydroxylation is 1. The number of hydrogen-bond acceptors (Lipinski definition) is 2. The van der Waals surface area contributed by atoms with E-state index in [4.69, 9.17) is 28.3 Å². The van der Waals surface area contributed by atoms with Gasteiger partial charge in [0, 0.05) is 5.39 Å². The molecule has 2 aromatic rings. The van der Waals surface area contributed by atoms with Crippen LogP contribution >= 0.6 is 23.2 Å². The van der Waals surface area contributed by atoms with Gasteiger partial charge in [0.1, 0.15) is 5.15 Å². The molecule has 0 aliphatic rings. The molecule has 0 saturated carbocycles. The van der Waals surface area contributed by atoms with Crippen LogP contribution in [0.4, 0.5) is 0 Å². The molecule has 0 aliphatic carbocycles. The Labute approximate surface area is 102 Å². The molecule has 16 heavy (non-hydrogen) atoms. The number of rotatable bonds is 1. The maximum absolute atomic E-state index is 11.1. The fraction of sp³-hybridized carbons (Fsp3) is 0.0909. The number of carboxylic acids is 1. The van der Waals surface area contributed by atoms with Crippen LogP contribution in [-0.2, 0) is 0 Å². The number of carboxylic acid groups (broad SMARTS) is 1. The lowest BCUT2D eigenvalue weighted by molar-refractivity contribution is 0.0699. The molecule has 0 fully saturated rings. The topological polar surface area (TPSA) is 50.2 Å². The molecule has 0 radical (unpaired) electrons. The first-order chi connectivity index (χ1) is 7.50. The van der Waals surface area contributed by atoms with Crippen LogP contribution in [0.15, 0.2) is 18.2 Å². The second-order valence-electron chi connectivity index (χ2n) is 3.39. The van der Waals surface area contributed by atoms with Gasteiger partial charge in [-0.05, 0) is 24.6 Å². The quantitative estimate of drug-likeness (QED) is 0.793. The lowest BCUT2D eigenvalue weighted by Crippen LogP contribution is -2.00. The number of aromatic nitrogens is 1. The lowest BCUT2D eigenvalue weighted by atomic mass is 10.1. The van der Waals surface area contributed by atoms with Gasteiger partial charge in [-0.25, -0.2) is 9.78 Å². The van der Waals surface area contributed by atoms with E-state index in [1.165, 1.54) is 6.07 Å². The smallest absolute Gasteiger partial charge is 0.336 e. The van der Waals surface area contributed by atoms with Gasteiger partial charge in [-0.2, -0.15) is 0 Å². The molecule has 1 aromatic carbocycles. The number of aromatic carboxylic acids is 1.